The summed E-state index contributed by atoms with van der Waals surface area (Å²) in [6.07, 6.45) is 1.45. The van der Waals surface area contributed by atoms with Gasteiger partial charge in [0.05, 0.1) is 5.69 Å². The summed E-state index contributed by atoms with van der Waals surface area (Å²) in [5.41, 5.74) is 1.61. The number of ether oxygens (including phenoxy) is 2. The lowest BCUT2D eigenvalue weighted by molar-refractivity contribution is -0.136. The van der Waals surface area contributed by atoms with Gasteiger partial charge in [0.15, 0.2) is 11.5 Å². The quantitative estimate of drug-likeness (QED) is 0.491. The number of hydrogen-bond acceptors (Lipinski definition) is 7. The summed E-state index contributed by atoms with van der Waals surface area (Å²) < 4.78 is 11.8. The van der Waals surface area contributed by atoms with Crippen LogP contribution in [0.25, 0.3) is 5.95 Å². The Morgan fingerprint density at radius 2 is 1.97 bits per heavy atom. The first kappa shape index (κ1) is 21.1. The van der Waals surface area contributed by atoms with Crippen molar-refractivity contribution in [3.8, 4) is 17.4 Å². The number of hydrogen-bond donors (Lipinski definition) is 3. The summed E-state index contributed by atoms with van der Waals surface area (Å²) in [4.78, 5) is 43.8. The number of H-pyrrole nitrogens is 1. The summed E-state index contributed by atoms with van der Waals surface area (Å²) in [6.45, 7) is 3.99. The summed E-state index contributed by atoms with van der Waals surface area (Å²) >= 11 is 0. The van der Waals surface area contributed by atoms with E-state index >= 15 is 0 Å². The second kappa shape index (κ2) is 8.92. The summed E-state index contributed by atoms with van der Waals surface area (Å²) in [5.74, 6) is -0.107. The van der Waals surface area contributed by atoms with E-state index in [9.17, 15) is 14.4 Å². The minimum absolute atomic E-state index is 0.134. The van der Waals surface area contributed by atoms with Crippen LogP contribution in [0.3, 0.4) is 0 Å². The largest absolute Gasteiger partial charge is 0.454 e. The number of fused-ring (bicyclic) bond motifs is 1. The highest BCUT2D eigenvalue weighted by Crippen LogP contribution is 2.32. The van der Waals surface area contributed by atoms with Crippen molar-refractivity contribution in [3.63, 3.8) is 0 Å². The molecule has 166 valence electrons. The third kappa shape index (κ3) is 4.61. The molecule has 0 radical (unpaired) electrons. The van der Waals surface area contributed by atoms with Crippen LogP contribution in [0.4, 0.5) is 5.82 Å². The number of amides is 2. The van der Waals surface area contributed by atoms with Crippen LogP contribution in [0.2, 0.25) is 0 Å². The average Bonchev–Trinajstić information content (AvgIpc) is 3.37. The van der Waals surface area contributed by atoms with Crippen LogP contribution in [-0.4, -0.2) is 38.4 Å². The molecule has 4 rings (SSSR count). The zero-order valence-electron chi connectivity index (χ0n) is 17.6. The smallest absolute Gasteiger partial charge is 0.314 e. The van der Waals surface area contributed by atoms with E-state index in [4.69, 9.17) is 9.47 Å². The second-order valence-corrected chi connectivity index (χ2v) is 7.22. The van der Waals surface area contributed by atoms with E-state index in [0.29, 0.717) is 29.3 Å². The van der Waals surface area contributed by atoms with Gasteiger partial charge in [0.25, 0.3) is 5.56 Å². The lowest BCUT2D eigenvalue weighted by atomic mass is 10.2. The number of nitrogens with one attached hydrogen (secondary N) is 3. The normalized spacial score (nSPS) is 11.9. The van der Waals surface area contributed by atoms with Crippen molar-refractivity contribution in [2.24, 2.45) is 0 Å². The summed E-state index contributed by atoms with van der Waals surface area (Å²) in [7, 11) is 0. The molecule has 0 aliphatic carbocycles. The Bertz CT molecular complexity index is 1230. The number of aromatic amines is 1. The van der Waals surface area contributed by atoms with Crippen LogP contribution < -0.4 is 25.7 Å². The Kier molecular flexibility index (Phi) is 5.88. The van der Waals surface area contributed by atoms with Gasteiger partial charge in [-0.3, -0.25) is 19.4 Å². The van der Waals surface area contributed by atoms with Gasteiger partial charge in [-0.1, -0.05) is 19.4 Å². The van der Waals surface area contributed by atoms with Gasteiger partial charge < -0.3 is 20.1 Å². The molecule has 0 saturated heterocycles. The van der Waals surface area contributed by atoms with E-state index in [0.717, 1.165) is 12.0 Å². The van der Waals surface area contributed by atoms with Gasteiger partial charge in [-0.2, -0.15) is 9.78 Å². The standard InChI is InChI=1S/C21H22N6O5/c1-3-4-14-9-18(28)25-21(23-14)27-17(7-12(2)26-27)24-20(30)19(29)22-10-13-5-6-15-16(8-13)32-11-31-15/h5-9H,3-4,10-11H2,1-2H3,(H,22,29)(H,24,30)(H,23,25,28). The molecule has 0 saturated carbocycles. The monoisotopic (exact) mass is 438 g/mol. The molecule has 3 aromatic rings. The van der Waals surface area contributed by atoms with Crippen molar-refractivity contribution >= 4 is 17.6 Å². The topological polar surface area (TPSA) is 140 Å². The van der Waals surface area contributed by atoms with E-state index in [1.807, 2.05) is 6.92 Å². The van der Waals surface area contributed by atoms with Crippen LogP contribution in [0.1, 0.15) is 30.3 Å². The van der Waals surface area contributed by atoms with E-state index in [2.05, 4.69) is 25.7 Å². The average molecular weight is 438 g/mol. The van der Waals surface area contributed by atoms with Gasteiger partial charge in [0, 0.05) is 24.4 Å². The SMILES string of the molecule is CCCc1cc(=O)[nH]c(-n2nc(C)cc2NC(=O)C(=O)NCc2ccc3c(c2)OCO3)n1. The van der Waals surface area contributed by atoms with E-state index in [1.165, 1.54) is 10.7 Å². The Hall–Kier alpha value is -4.15. The van der Waals surface area contributed by atoms with Gasteiger partial charge in [0.2, 0.25) is 12.7 Å². The molecule has 0 atom stereocenters. The molecule has 32 heavy (non-hydrogen) atoms. The van der Waals surface area contributed by atoms with E-state index in [1.54, 1.807) is 31.2 Å². The van der Waals surface area contributed by atoms with Crippen molar-refractivity contribution < 1.29 is 19.1 Å². The third-order valence-electron chi connectivity index (χ3n) is 4.66. The zero-order valence-corrected chi connectivity index (χ0v) is 17.6. The van der Waals surface area contributed by atoms with Crippen LogP contribution in [0.5, 0.6) is 11.5 Å². The summed E-state index contributed by atoms with van der Waals surface area (Å²) in [5, 5.41) is 9.36. The maximum atomic E-state index is 12.4. The molecular formula is C21H22N6O5. The number of carbonyl (C=O) groups excluding carboxylic acids is 2. The van der Waals surface area contributed by atoms with Gasteiger partial charge in [-0.25, -0.2) is 4.98 Å². The first-order valence-corrected chi connectivity index (χ1v) is 10.1. The molecule has 2 aromatic heterocycles. The third-order valence-corrected chi connectivity index (χ3v) is 4.66. The Labute approximate surface area is 182 Å². The maximum absolute atomic E-state index is 12.4. The zero-order chi connectivity index (χ0) is 22.7. The number of nitrogens with zero attached hydrogens (tertiary/aromatic N) is 3. The molecule has 11 nitrogen and oxygen atoms in total. The number of aromatic nitrogens is 4. The predicted octanol–water partition coefficient (Wildman–Crippen LogP) is 1.20. The minimum Gasteiger partial charge on any atom is -0.454 e. The lowest BCUT2D eigenvalue weighted by Crippen LogP contribution is -2.35. The van der Waals surface area contributed by atoms with Crippen LogP contribution >= 0.6 is 0 Å². The van der Waals surface area contributed by atoms with Crippen molar-refractivity contribution in [2.75, 3.05) is 12.1 Å². The molecule has 3 heterocycles. The molecule has 0 unspecified atom stereocenters. The molecule has 1 aliphatic rings. The van der Waals surface area contributed by atoms with Crippen molar-refractivity contribution in [1.82, 2.24) is 25.1 Å². The summed E-state index contributed by atoms with van der Waals surface area (Å²) in [6, 6.07) is 8.26. The van der Waals surface area contributed by atoms with Crippen molar-refractivity contribution in [3.05, 3.63) is 57.6 Å². The maximum Gasteiger partial charge on any atom is 0.314 e. The van der Waals surface area contributed by atoms with Crippen molar-refractivity contribution in [2.45, 2.75) is 33.2 Å². The van der Waals surface area contributed by atoms with Crippen LogP contribution in [-0.2, 0) is 22.6 Å². The number of aryl methyl sites for hydroxylation is 2. The van der Waals surface area contributed by atoms with Crippen LogP contribution in [0, 0.1) is 6.92 Å². The molecular weight excluding hydrogens is 416 g/mol. The van der Waals surface area contributed by atoms with Gasteiger partial charge in [-0.15, -0.1) is 0 Å². The molecule has 3 N–H and O–H groups in total. The number of benzene rings is 1. The fraction of sp³-hybridized carbons (Fsp3) is 0.286. The van der Waals surface area contributed by atoms with Gasteiger partial charge in [-0.05, 0) is 31.0 Å². The number of rotatable bonds is 6. The molecule has 1 aliphatic heterocycles. The lowest BCUT2D eigenvalue weighted by Gasteiger charge is -2.09. The molecule has 0 fully saturated rings. The molecule has 0 spiro atoms. The minimum atomic E-state index is -0.876. The Morgan fingerprint density at radius 1 is 1.16 bits per heavy atom. The highest BCUT2D eigenvalue weighted by atomic mass is 16.7. The van der Waals surface area contributed by atoms with E-state index in [-0.39, 0.29) is 30.7 Å². The fourth-order valence-electron chi connectivity index (χ4n) is 3.21. The highest BCUT2D eigenvalue weighted by molar-refractivity contribution is 6.39. The molecule has 0 bridgehead atoms. The van der Waals surface area contributed by atoms with Crippen LogP contribution in [0.15, 0.2) is 35.1 Å². The predicted molar refractivity (Wildman–Crippen MR) is 114 cm³/mol. The first-order chi connectivity index (χ1) is 15.4. The highest BCUT2D eigenvalue weighted by Gasteiger charge is 2.19. The van der Waals surface area contributed by atoms with Gasteiger partial charge in [0.1, 0.15) is 5.82 Å². The Morgan fingerprint density at radius 3 is 2.78 bits per heavy atom. The van der Waals surface area contributed by atoms with Gasteiger partial charge >= 0.3 is 11.8 Å². The second-order valence-electron chi connectivity index (χ2n) is 7.22. The molecule has 1 aromatic carbocycles. The first-order valence-electron chi connectivity index (χ1n) is 10.1. The number of anilines is 1. The fourth-order valence-corrected chi connectivity index (χ4v) is 3.21. The van der Waals surface area contributed by atoms with Crippen molar-refractivity contribution in [1.29, 1.82) is 0 Å². The number of carbonyl (C=O) groups is 2. The van der Waals surface area contributed by atoms with E-state index < -0.39 is 11.8 Å². The molecule has 11 heteroatoms. The molecule has 2 amide bonds. The Balaban J connectivity index is 1.45.